The van der Waals surface area contributed by atoms with Crippen LogP contribution in [0.4, 0.5) is 0 Å². The average molecular weight is 287 g/mol. The molecule has 0 amide bonds. The molecule has 1 atom stereocenters. The van der Waals surface area contributed by atoms with Crippen LogP contribution >= 0.6 is 0 Å². The molecule has 0 saturated carbocycles. The summed E-state index contributed by atoms with van der Waals surface area (Å²) in [7, 11) is 1.70. The molecule has 1 aromatic carbocycles. The van der Waals surface area contributed by atoms with Gasteiger partial charge in [0.15, 0.2) is 0 Å². The van der Waals surface area contributed by atoms with Crippen LogP contribution in [0.1, 0.15) is 25.2 Å². The van der Waals surface area contributed by atoms with Crippen molar-refractivity contribution >= 4 is 0 Å². The zero-order chi connectivity index (χ0) is 15.1. The zero-order valence-electron chi connectivity index (χ0n) is 13.1. The smallest absolute Gasteiger partial charge is 0.118 e. The number of benzene rings is 1. The van der Waals surface area contributed by atoms with Crippen molar-refractivity contribution in [2.45, 2.75) is 32.7 Å². The maximum Gasteiger partial charge on any atom is 0.118 e. The molecule has 1 N–H and O–H groups in total. The normalized spacial score (nSPS) is 12.6. The van der Waals surface area contributed by atoms with E-state index in [-0.39, 0.29) is 0 Å². The summed E-state index contributed by atoms with van der Waals surface area (Å²) >= 11 is 0. The van der Waals surface area contributed by atoms with Crippen LogP contribution in [0.15, 0.2) is 47.1 Å². The fourth-order valence-electron chi connectivity index (χ4n) is 2.43. The topological polar surface area (TPSA) is 34.4 Å². The standard InChI is InChI=1S/C18H25NO2/c1-14(2)19-13-16(12-18-5-4-10-21-18)11-15-6-8-17(20-3)9-7-15/h4-10,14,16,19H,11-13H2,1-3H3. The summed E-state index contributed by atoms with van der Waals surface area (Å²) in [4.78, 5) is 0. The van der Waals surface area contributed by atoms with Gasteiger partial charge in [0.2, 0.25) is 0 Å². The minimum Gasteiger partial charge on any atom is -0.497 e. The first-order chi connectivity index (χ1) is 10.2. The Labute approximate surface area is 127 Å². The molecule has 2 aromatic rings. The quantitative estimate of drug-likeness (QED) is 0.804. The number of hydrogen-bond donors (Lipinski definition) is 1. The Kier molecular flexibility index (Phi) is 5.88. The predicted octanol–water partition coefficient (Wildman–Crippen LogP) is 3.69. The summed E-state index contributed by atoms with van der Waals surface area (Å²) in [6, 6.07) is 12.8. The van der Waals surface area contributed by atoms with E-state index in [9.17, 15) is 0 Å². The van der Waals surface area contributed by atoms with Crippen molar-refractivity contribution < 1.29 is 9.15 Å². The Balaban J connectivity index is 1.99. The molecule has 114 valence electrons. The Morgan fingerprint density at radius 3 is 2.43 bits per heavy atom. The zero-order valence-corrected chi connectivity index (χ0v) is 13.1. The Morgan fingerprint density at radius 2 is 1.86 bits per heavy atom. The molecule has 2 rings (SSSR count). The van der Waals surface area contributed by atoms with Crippen molar-refractivity contribution in [3.05, 3.63) is 54.0 Å². The van der Waals surface area contributed by atoms with E-state index in [4.69, 9.17) is 9.15 Å². The number of nitrogens with one attached hydrogen (secondary N) is 1. The maximum atomic E-state index is 5.50. The molecular formula is C18H25NO2. The van der Waals surface area contributed by atoms with Gasteiger partial charge in [-0.1, -0.05) is 26.0 Å². The largest absolute Gasteiger partial charge is 0.497 e. The third-order valence-corrected chi connectivity index (χ3v) is 3.57. The van der Waals surface area contributed by atoms with Gasteiger partial charge >= 0.3 is 0 Å². The molecule has 0 aliphatic carbocycles. The van der Waals surface area contributed by atoms with Crippen molar-refractivity contribution in [3.63, 3.8) is 0 Å². The third kappa shape index (κ3) is 5.27. The van der Waals surface area contributed by atoms with Gasteiger partial charge in [-0.15, -0.1) is 0 Å². The van der Waals surface area contributed by atoms with E-state index >= 15 is 0 Å². The van der Waals surface area contributed by atoms with E-state index in [1.54, 1.807) is 13.4 Å². The van der Waals surface area contributed by atoms with Crippen LogP contribution in [-0.4, -0.2) is 19.7 Å². The van der Waals surface area contributed by atoms with Crippen molar-refractivity contribution in [1.29, 1.82) is 0 Å². The number of hydrogen-bond acceptors (Lipinski definition) is 3. The van der Waals surface area contributed by atoms with Gasteiger partial charge in [0, 0.05) is 12.5 Å². The first-order valence-corrected chi connectivity index (χ1v) is 7.56. The lowest BCUT2D eigenvalue weighted by Gasteiger charge is -2.18. The lowest BCUT2D eigenvalue weighted by Crippen LogP contribution is -2.31. The second-order valence-corrected chi connectivity index (χ2v) is 5.76. The van der Waals surface area contributed by atoms with Gasteiger partial charge in [-0.05, 0) is 48.7 Å². The van der Waals surface area contributed by atoms with Gasteiger partial charge in [0.25, 0.3) is 0 Å². The van der Waals surface area contributed by atoms with Crippen LogP contribution < -0.4 is 10.1 Å². The Bertz CT molecular complexity index is 503. The SMILES string of the molecule is COc1ccc(CC(CNC(C)C)Cc2ccco2)cc1. The summed E-state index contributed by atoms with van der Waals surface area (Å²) in [5.41, 5.74) is 1.33. The van der Waals surface area contributed by atoms with E-state index in [0.29, 0.717) is 12.0 Å². The summed E-state index contributed by atoms with van der Waals surface area (Å²) in [6.45, 7) is 5.35. The average Bonchev–Trinajstić information content (AvgIpc) is 2.98. The van der Waals surface area contributed by atoms with E-state index < -0.39 is 0 Å². The van der Waals surface area contributed by atoms with Gasteiger partial charge in [-0.25, -0.2) is 0 Å². The van der Waals surface area contributed by atoms with E-state index in [1.165, 1.54) is 5.56 Å². The van der Waals surface area contributed by atoms with Gasteiger partial charge in [0.1, 0.15) is 11.5 Å². The molecule has 1 unspecified atom stereocenters. The second kappa shape index (κ2) is 7.89. The van der Waals surface area contributed by atoms with E-state index in [0.717, 1.165) is 30.9 Å². The number of ether oxygens (including phenoxy) is 1. The van der Waals surface area contributed by atoms with Crippen LogP contribution in [0, 0.1) is 5.92 Å². The highest BCUT2D eigenvalue weighted by molar-refractivity contribution is 5.27. The number of rotatable bonds is 8. The summed E-state index contributed by atoms with van der Waals surface area (Å²) in [5, 5.41) is 3.53. The van der Waals surface area contributed by atoms with Crippen LogP contribution in [0.2, 0.25) is 0 Å². The highest BCUT2D eigenvalue weighted by atomic mass is 16.5. The van der Waals surface area contributed by atoms with E-state index in [2.05, 4.69) is 37.4 Å². The molecular weight excluding hydrogens is 262 g/mol. The van der Waals surface area contributed by atoms with Crippen LogP contribution in [-0.2, 0) is 12.8 Å². The van der Waals surface area contributed by atoms with Crippen molar-refractivity contribution in [3.8, 4) is 5.75 Å². The summed E-state index contributed by atoms with van der Waals surface area (Å²) < 4.78 is 10.7. The minimum absolute atomic E-state index is 0.500. The van der Waals surface area contributed by atoms with Gasteiger partial charge < -0.3 is 14.5 Å². The molecule has 1 heterocycles. The molecule has 3 heteroatoms. The van der Waals surface area contributed by atoms with E-state index in [1.807, 2.05) is 18.2 Å². The highest BCUT2D eigenvalue weighted by Crippen LogP contribution is 2.18. The first kappa shape index (κ1) is 15.6. The van der Waals surface area contributed by atoms with Gasteiger partial charge in [0.05, 0.1) is 13.4 Å². The van der Waals surface area contributed by atoms with Crippen LogP contribution in [0.25, 0.3) is 0 Å². The summed E-state index contributed by atoms with van der Waals surface area (Å²) in [5.74, 6) is 2.48. The van der Waals surface area contributed by atoms with Gasteiger partial charge in [-0.3, -0.25) is 0 Å². The Morgan fingerprint density at radius 1 is 1.10 bits per heavy atom. The molecule has 21 heavy (non-hydrogen) atoms. The molecule has 0 radical (unpaired) electrons. The predicted molar refractivity (Wildman–Crippen MR) is 85.7 cm³/mol. The Hall–Kier alpha value is -1.74. The fraction of sp³-hybridized carbons (Fsp3) is 0.444. The number of furan rings is 1. The molecule has 0 spiro atoms. The lowest BCUT2D eigenvalue weighted by atomic mass is 9.94. The van der Waals surface area contributed by atoms with Crippen LogP contribution in [0.3, 0.4) is 0 Å². The molecule has 0 fully saturated rings. The third-order valence-electron chi connectivity index (χ3n) is 3.57. The first-order valence-electron chi connectivity index (χ1n) is 7.56. The molecule has 0 aliphatic heterocycles. The fourth-order valence-corrected chi connectivity index (χ4v) is 2.43. The molecule has 1 aromatic heterocycles. The molecule has 0 bridgehead atoms. The lowest BCUT2D eigenvalue weighted by molar-refractivity contribution is 0.401. The monoisotopic (exact) mass is 287 g/mol. The maximum absolute atomic E-state index is 5.50. The molecule has 3 nitrogen and oxygen atoms in total. The number of methoxy groups -OCH3 is 1. The van der Waals surface area contributed by atoms with Crippen molar-refractivity contribution in [1.82, 2.24) is 5.32 Å². The molecule has 0 aliphatic rings. The van der Waals surface area contributed by atoms with Gasteiger partial charge in [-0.2, -0.15) is 0 Å². The summed E-state index contributed by atoms with van der Waals surface area (Å²) in [6.07, 6.45) is 3.73. The van der Waals surface area contributed by atoms with Crippen LogP contribution in [0.5, 0.6) is 5.75 Å². The highest BCUT2D eigenvalue weighted by Gasteiger charge is 2.13. The van der Waals surface area contributed by atoms with Crippen molar-refractivity contribution in [2.24, 2.45) is 5.92 Å². The molecule has 0 saturated heterocycles. The minimum atomic E-state index is 0.500. The van der Waals surface area contributed by atoms with Crippen molar-refractivity contribution in [2.75, 3.05) is 13.7 Å². The second-order valence-electron chi connectivity index (χ2n) is 5.76.